The zero-order valence-corrected chi connectivity index (χ0v) is 6.51. The van der Waals surface area contributed by atoms with Gasteiger partial charge in [0.1, 0.15) is 0 Å². The van der Waals surface area contributed by atoms with Crippen molar-refractivity contribution in [1.29, 1.82) is 0 Å². The van der Waals surface area contributed by atoms with E-state index in [1.54, 1.807) is 0 Å². The lowest BCUT2D eigenvalue weighted by atomic mass is 10.1. The Morgan fingerprint density at radius 2 is 2.40 bits per heavy atom. The first-order chi connectivity index (χ1) is 4.73. The van der Waals surface area contributed by atoms with Gasteiger partial charge in [0, 0.05) is 6.54 Å². The number of aliphatic hydroxyl groups excluding tert-OH is 1. The molecule has 0 amide bonds. The van der Waals surface area contributed by atoms with Crippen LogP contribution in [0.5, 0.6) is 0 Å². The Morgan fingerprint density at radius 1 is 1.70 bits per heavy atom. The van der Waals surface area contributed by atoms with E-state index in [2.05, 4.69) is 11.8 Å². The molecule has 3 N–H and O–H groups in total. The number of hydrogen-bond donors (Lipinski definition) is 2. The maximum absolute atomic E-state index is 8.96. The molecular formula is C7H16N2O. The highest BCUT2D eigenvalue weighted by Crippen LogP contribution is 2.22. The third kappa shape index (κ3) is 1.17. The fourth-order valence-electron chi connectivity index (χ4n) is 1.61. The second-order valence-electron chi connectivity index (χ2n) is 2.94. The van der Waals surface area contributed by atoms with Crippen LogP contribution in [0, 0.1) is 0 Å². The molecule has 60 valence electrons. The molecule has 1 aliphatic heterocycles. The molecule has 1 aliphatic rings. The summed E-state index contributed by atoms with van der Waals surface area (Å²) in [5.74, 6) is 0. The minimum atomic E-state index is -0.408. The molecular weight excluding hydrogens is 128 g/mol. The van der Waals surface area contributed by atoms with Crippen molar-refractivity contribution in [2.75, 3.05) is 19.7 Å². The molecule has 0 saturated carbocycles. The van der Waals surface area contributed by atoms with Crippen LogP contribution in [0.25, 0.3) is 0 Å². The lowest BCUT2D eigenvalue weighted by molar-refractivity contribution is 0.0734. The van der Waals surface area contributed by atoms with Crippen molar-refractivity contribution in [2.24, 2.45) is 5.73 Å². The largest absolute Gasteiger partial charge is 0.393 e. The van der Waals surface area contributed by atoms with E-state index in [0.717, 1.165) is 25.9 Å². The van der Waals surface area contributed by atoms with E-state index < -0.39 is 5.66 Å². The first-order valence-electron chi connectivity index (χ1n) is 3.88. The molecule has 0 aromatic carbocycles. The van der Waals surface area contributed by atoms with E-state index in [9.17, 15) is 0 Å². The topological polar surface area (TPSA) is 49.5 Å². The van der Waals surface area contributed by atoms with Gasteiger partial charge in [-0.2, -0.15) is 0 Å². The Labute approximate surface area is 61.8 Å². The molecule has 10 heavy (non-hydrogen) atoms. The number of likely N-dealkylation sites (tertiary alicyclic amines) is 1. The molecule has 0 bridgehead atoms. The van der Waals surface area contributed by atoms with Gasteiger partial charge in [0.2, 0.25) is 0 Å². The molecule has 3 nitrogen and oxygen atoms in total. The average molecular weight is 144 g/mol. The minimum absolute atomic E-state index is 0.0842. The van der Waals surface area contributed by atoms with Crippen LogP contribution in [-0.2, 0) is 0 Å². The van der Waals surface area contributed by atoms with Crippen LogP contribution in [-0.4, -0.2) is 35.4 Å². The number of hydrogen-bond acceptors (Lipinski definition) is 3. The third-order valence-corrected chi connectivity index (χ3v) is 2.32. The standard InChI is InChI=1S/C7H16N2O/c1-2-9-5-3-4-7(9,8)6-10/h10H,2-6,8H2,1H3. The molecule has 1 heterocycles. The molecule has 0 aliphatic carbocycles. The summed E-state index contributed by atoms with van der Waals surface area (Å²) in [4.78, 5) is 2.13. The van der Waals surface area contributed by atoms with Crippen molar-refractivity contribution < 1.29 is 5.11 Å². The lowest BCUT2D eigenvalue weighted by Gasteiger charge is -2.31. The number of nitrogens with zero attached hydrogens (tertiary/aromatic N) is 1. The van der Waals surface area contributed by atoms with Gasteiger partial charge in [-0.15, -0.1) is 0 Å². The molecule has 1 atom stereocenters. The summed E-state index contributed by atoms with van der Waals surface area (Å²) in [5.41, 5.74) is 5.48. The van der Waals surface area contributed by atoms with Crippen molar-refractivity contribution in [3.05, 3.63) is 0 Å². The summed E-state index contributed by atoms with van der Waals surface area (Å²) >= 11 is 0. The van der Waals surface area contributed by atoms with Gasteiger partial charge in [0.25, 0.3) is 0 Å². The van der Waals surface area contributed by atoms with Gasteiger partial charge in [-0.3, -0.25) is 4.90 Å². The Hall–Kier alpha value is -0.120. The fraction of sp³-hybridized carbons (Fsp3) is 1.00. The maximum Gasteiger partial charge on any atom is 0.0925 e. The van der Waals surface area contributed by atoms with Gasteiger partial charge >= 0.3 is 0 Å². The Balaban J connectivity index is 2.56. The Kier molecular flexibility index (Phi) is 2.28. The average Bonchev–Trinajstić information content (AvgIpc) is 2.32. The van der Waals surface area contributed by atoms with Crippen molar-refractivity contribution in [1.82, 2.24) is 4.90 Å². The summed E-state index contributed by atoms with van der Waals surface area (Å²) < 4.78 is 0. The van der Waals surface area contributed by atoms with Crippen LogP contribution in [0.2, 0.25) is 0 Å². The first-order valence-corrected chi connectivity index (χ1v) is 3.88. The van der Waals surface area contributed by atoms with Crippen molar-refractivity contribution in [3.63, 3.8) is 0 Å². The van der Waals surface area contributed by atoms with Crippen molar-refractivity contribution in [3.8, 4) is 0 Å². The SMILES string of the molecule is CCN1CCCC1(N)CO. The van der Waals surface area contributed by atoms with Gasteiger partial charge in [-0.25, -0.2) is 0 Å². The van der Waals surface area contributed by atoms with E-state index in [4.69, 9.17) is 10.8 Å². The molecule has 1 fully saturated rings. The monoisotopic (exact) mass is 144 g/mol. The Morgan fingerprint density at radius 3 is 2.80 bits per heavy atom. The normalized spacial score (nSPS) is 35.1. The van der Waals surface area contributed by atoms with Crippen molar-refractivity contribution >= 4 is 0 Å². The van der Waals surface area contributed by atoms with E-state index in [-0.39, 0.29) is 6.61 Å². The summed E-state index contributed by atoms with van der Waals surface area (Å²) in [5, 5.41) is 8.96. The van der Waals surface area contributed by atoms with Crippen LogP contribution in [0.1, 0.15) is 19.8 Å². The molecule has 0 spiro atoms. The first kappa shape index (κ1) is 7.98. The molecule has 1 saturated heterocycles. The second kappa shape index (κ2) is 2.86. The van der Waals surface area contributed by atoms with Gasteiger partial charge < -0.3 is 10.8 Å². The smallest absolute Gasteiger partial charge is 0.0925 e. The van der Waals surface area contributed by atoms with Gasteiger partial charge in [-0.05, 0) is 19.4 Å². The van der Waals surface area contributed by atoms with E-state index in [1.807, 2.05) is 0 Å². The predicted octanol–water partition coefficient (Wildman–Crippen LogP) is -0.251. The zero-order chi connectivity index (χ0) is 7.61. The number of aliphatic hydroxyl groups is 1. The van der Waals surface area contributed by atoms with Crippen LogP contribution in [0.15, 0.2) is 0 Å². The molecule has 1 rings (SSSR count). The van der Waals surface area contributed by atoms with Crippen molar-refractivity contribution in [2.45, 2.75) is 25.4 Å². The highest BCUT2D eigenvalue weighted by atomic mass is 16.3. The van der Waals surface area contributed by atoms with Crippen LogP contribution in [0.3, 0.4) is 0 Å². The predicted molar refractivity (Wildman–Crippen MR) is 40.5 cm³/mol. The summed E-state index contributed by atoms with van der Waals surface area (Å²) in [6.07, 6.45) is 2.04. The lowest BCUT2D eigenvalue weighted by Crippen LogP contribution is -2.54. The summed E-state index contributed by atoms with van der Waals surface area (Å²) in [6.45, 7) is 4.13. The summed E-state index contributed by atoms with van der Waals surface area (Å²) in [7, 11) is 0. The molecule has 1 unspecified atom stereocenters. The third-order valence-electron chi connectivity index (χ3n) is 2.32. The molecule has 0 radical (unpaired) electrons. The molecule has 3 heteroatoms. The number of likely N-dealkylation sites (N-methyl/N-ethyl adjacent to an activating group) is 1. The van der Waals surface area contributed by atoms with Crippen LogP contribution >= 0.6 is 0 Å². The fourth-order valence-corrected chi connectivity index (χ4v) is 1.61. The maximum atomic E-state index is 8.96. The van der Waals surface area contributed by atoms with Crippen LogP contribution in [0.4, 0.5) is 0 Å². The number of rotatable bonds is 2. The highest BCUT2D eigenvalue weighted by molar-refractivity contribution is 4.89. The quantitative estimate of drug-likeness (QED) is 0.562. The minimum Gasteiger partial charge on any atom is -0.393 e. The van der Waals surface area contributed by atoms with Gasteiger partial charge in [-0.1, -0.05) is 6.92 Å². The van der Waals surface area contributed by atoms with Crippen LogP contribution < -0.4 is 5.73 Å². The summed E-state index contributed by atoms with van der Waals surface area (Å²) in [6, 6.07) is 0. The second-order valence-corrected chi connectivity index (χ2v) is 2.94. The van der Waals surface area contributed by atoms with Gasteiger partial charge in [0.15, 0.2) is 0 Å². The van der Waals surface area contributed by atoms with E-state index >= 15 is 0 Å². The highest BCUT2D eigenvalue weighted by Gasteiger charge is 2.35. The zero-order valence-electron chi connectivity index (χ0n) is 6.51. The molecule has 0 aromatic heterocycles. The van der Waals surface area contributed by atoms with Gasteiger partial charge in [0.05, 0.1) is 12.3 Å². The number of nitrogens with two attached hydrogens (primary N) is 1. The Bertz CT molecular complexity index is 118. The van der Waals surface area contributed by atoms with E-state index in [0.29, 0.717) is 0 Å². The van der Waals surface area contributed by atoms with E-state index in [1.165, 1.54) is 0 Å². The molecule has 0 aromatic rings.